The number of fused-ring (bicyclic) bond motifs is 1. The highest BCUT2D eigenvalue weighted by Gasteiger charge is 2.09. The molecule has 23 heavy (non-hydrogen) atoms. The van der Waals surface area contributed by atoms with Crippen LogP contribution in [0.3, 0.4) is 0 Å². The van der Waals surface area contributed by atoms with Crippen LogP contribution in [0.2, 0.25) is 0 Å². The molecule has 0 atom stereocenters. The first kappa shape index (κ1) is 13.5. The number of nitrogens with zero attached hydrogens (tertiary/aromatic N) is 4. The van der Waals surface area contributed by atoms with Gasteiger partial charge in [0.15, 0.2) is 0 Å². The van der Waals surface area contributed by atoms with Gasteiger partial charge in [-0.3, -0.25) is 9.97 Å². The Labute approximate surface area is 133 Å². The average molecular weight is 301 g/mol. The van der Waals surface area contributed by atoms with E-state index in [1.807, 2.05) is 36.7 Å². The van der Waals surface area contributed by atoms with Gasteiger partial charge in [-0.15, -0.1) is 0 Å². The fourth-order valence-electron chi connectivity index (χ4n) is 2.68. The van der Waals surface area contributed by atoms with Crippen molar-refractivity contribution in [2.75, 3.05) is 5.32 Å². The SMILES string of the molecule is Cn1c(-c2cccnc2)cc2cnc(Nc3cccnc3)cc21. The van der Waals surface area contributed by atoms with Gasteiger partial charge in [-0.05, 0) is 30.3 Å². The van der Waals surface area contributed by atoms with E-state index in [4.69, 9.17) is 0 Å². The van der Waals surface area contributed by atoms with Crippen LogP contribution in [-0.4, -0.2) is 19.5 Å². The van der Waals surface area contributed by atoms with Gasteiger partial charge < -0.3 is 9.88 Å². The summed E-state index contributed by atoms with van der Waals surface area (Å²) < 4.78 is 2.16. The first-order chi connectivity index (χ1) is 11.3. The van der Waals surface area contributed by atoms with Crippen molar-refractivity contribution in [1.82, 2.24) is 19.5 Å². The van der Waals surface area contributed by atoms with Gasteiger partial charge in [0, 0.05) is 48.9 Å². The predicted molar refractivity (Wildman–Crippen MR) is 91.5 cm³/mol. The van der Waals surface area contributed by atoms with Gasteiger partial charge in [0.25, 0.3) is 0 Å². The highest BCUT2D eigenvalue weighted by molar-refractivity contribution is 5.88. The van der Waals surface area contributed by atoms with E-state index in [2.05, 4.69) is 44.0 Å². The van der Waals surface area contributed by atoms with Gasteiger partial charge in [0.05, 0.1) is 23.1 Å². The van der Waals surface area contributed by atoms with Crippen molar-refractivity contribution < 1.29 is 0 Å². The monoisotopic (exact) mass is 301 g/mol. The van der Waals surface area contributed by atoms with Crippen LogP contribution in [0.1, 0.15) is 0 Å². The number of pyridine rings is 3. The van der Waals surface area contributed by atoms with Crippen LogP contribution in [0.5, 0.6) is 0 Å². The third-order valence-electron chi connectivity index (χ3n) is 3.82. The number of anilines is 2. The summed E-state index contributed by atoms with van der Waals surface area (Å²) in [5, 5.41) is 4.37. The van der Waals surface area contributed by atoms with Gasteiger partial charge in [0.2, 0.25) is 0 Å². The lowest BCUT2D eigenvalue weighted by Crippen LogP contribution is -1.95. The molecule has 0 aromatic carbocycles. The van der Waals surface area contributed by atoms with E-state index in [1.165, 1.54) is 0 Å². The molecule has 112 valence electrons. The first-order valence-electron chi connectivity index (χ1n) is 7.34. The molecule has 0 unspecified atom stereocenters. The lowest BCUT2D eigenvalue weighted by molar-refractivity contribution is 0.976. The lowest BCUT2D eigenvalue weighted by Gasteiger charge is -2.06. The molecule has 0 bridgehead atoms. The van der Waals surface area contributed by atoms with E-state index in [1.54, 1.807) is 18.6 Å². The third-order valence-corrected chi connectivity index (χ3v) is 3.82. The van der Waals surface area contributed by atoms with Gasteiger partial charge >= 0.3 is 0 Å². The quantitative estimate of drug-likeness (QED) is 0.626. The minimum atomic E-state index is 0.796. The number of rotatable bonds is 3. The molecule has 0 spiro atoms. The molecule has 4 rings (SSSR count). The van der Waals surface area contributed by atoms with Crippen molar-refractivity contribution in [3.05, 3.63) is 67.4 Å². The number of aryl methyl sites for hydroxylation is 1. The van der Waals surface area contributed by atoms with Crippen LogP contribution in [-0.2, 0) is 7.05 Å². The highest BCUT2D eigenvalue weighted by atomic mass is 15.0. The Hall–Kier alpha value is -3.21. The van der Waals surface area contributed by atoms with Crippen LogP contribution in [0, 0.1) is 0 Å². The number of aromatic nitrogens is 4. The Bertz CT molecular complexity index is 945. The molecule has 0 amide bonds. The highest BCUT2D eigenvalue weighted by Crippen LogP contribution is 2.28. The standard InChI is InChI=1S/C18H15N5/c1-23-16(13-4-2-6-19-10-13)8-14-11-21-18(9-17(14)23)22-15-5-3-7-20-12-15/h2-12H,1H3,(H,21,22). The summed E-state index contributed by atoms with van der Waals surface area (Å²) >= 11 is 0. The molecule has 0 fully saturated rings. The summed E-state index contributed by atoms with van der Waals surface area (Å²) in [4.78, 5) is 12.8. The second kappa shape index (κ2) is 5.53. The summed E-state index contributed by atoms with van der Waals surface area (Å²) in [5.41, 5.74) is 4.24. The van der Waals surface area contributed by atoms with Crippen molar-refractivity contribution >= 4 is 22.4 Å². The smallest absolute Gasteiger partial charge is 0.132 e. The van der Waals surface area contributed by atoms with Crippen LogP contribution in [0.25, 0.3) is 22.2 Å². The van der Waals surface area contributed by atoms with Crippen molar-refractivity contribution in [2.24, 2.45) is 7.05 Å². The van der Waals surface area contributed by atoms with Crippen molar-refractivity contribution in [3.8, 4) is 11.3 Å². The Morgan fingerprint density at radius 1 is 0.957 bits per heavy atom. The molecular formula is C18H15N5. The summed E-state index contributed by atoms with van der Waals surface area (Å²) in [7, 11) is 2.05. The Kier molecular flexibility index (Phi) is 3.24. The van der Waals surface area contributed by atoms with Gasteiger partial charge in [-0.1, -0.05) is 0 Å². The van der Waals surface area contributed by atoms with E-state index < -0.39 is 0 Å². The zero-order chi connectivity index (χ0) is 15.6. The zero-order valence-electron chi connectivity index (χ0n) is 12.6. The molecule has 4 heterocycles. The maximum Gasteiger partial charge on any atom is 0.132 e. The van der Waals surface area contributed by atoms with Gasteiger partial charge in [-0.2, -0.15) is 0 Å². The summed E-state index contributed by atoms with van der Waals surface area (Å²) in [5.74, 6) is 0.796. The van der Waals surface area contributed by atoms with Crippen molar-refractivity contribution in [3.63, 3.8) is 0 Å². The molecule has 0 saturated carbocycles. The average Bonchev–Trinajstić information content (AvgIpc) is 2.93. The number of hydrogen-bond acceptors (Lipinski definition) is 4. The maximum atomic E-state index is 4.48. The molecule has 0 aliphatic rings. The molecule has 4 aromatic heterocycles. The fourth-order valence-corrected chi connectivity index (χ4v) is 2.68. The Morgan fingerprint density at radius 3 is 2.52 bits per heavy atom. The van der Waals surface area contributed by atoms with Crippen LogP contribution in [0.15, 0.2) is 67.4 Å². The normalized spacial score (nSPS) is 10.8. The van der Waals surface area contributed by atoms with E-state index in [0.29, 0.717) is 0 Å². The van der Waals surface area contributed by atoms with Gasteiger partial charge in [-0.25, -0.2) is 4.98 Å². The molecular weight excluding hydrogens is 286 g/mol. The second-order valence-corrected chi connectivity index (χ2v) is 5.33. The summed E-state index contributed by atoms with van der Waals surface area (Å²) in [6, 6.07) is 12.0. The molecule has 4 aromatic rings. The molecule has 0 saturated heterocycles. The largest absolute Gasteiger partial charge is 0.343 e. The Morgan fingerprint density at radius 2 is 1.78 bits per heavy atom. The fraction of sp³-hybridized carbons (Fsp3) is 0.0556. The summed E-state index contributed by atoms with van der Waals surface area (Å²) in [6.45, 7) is 0. The van der Waals surface area contributed by atoms with E-state index in [-0.39, 0.29) is 0 Å². The summed E-state index contributed by atoms with van der Waals surface area (Å²) in [6.07, 6.45) is 9.06. The Balaban J connectivity index is 1.76. The zero-order valence-corrected chi connectivity index (χ0v) is 12.6. The lowest BCUT2D eigenvalue weighted by atomic mass is 10.2. The van der Waals surface area contributed by atoms with Crippen molar-refractivity contribution in [1.29, 1.82) is 0 Å². The van der Waals surface area contributed by atoms with Crippen LogP contribution < -0.4 is 5.32 Å². The minimum absolute atomic E-state index is 0.796. The molecule has 0 radical (unpaired) electrons. The van der Waals surface area contributed by atoms with Crippen molar-refractivity contribution in [2.45, 2.75) is 0 Å². The van der Waals surface area contributed by atoms with E-state index in [0.717, 1.165) is 33.7 Å². The minimum Gasteiger partial charge on any atom is -0.343 e. The molecule has 5 heteroatoms. The second-order valence-electron chi connectivity index (χ2n) is 5.33. The van der Waals surface area contributed by atoms with Crippen LogP contribution >= 0.6 is 0 Å². The van der Waals surface area contributed by atoms with Crippen LogP contribution in [0.4, 0.5) is 11.5 Å². The molecule has 5 nitrogen and oxygen atoms in total. The molecule has 1 N–H and O–H groups in total. The maximum absolute atomic E-state index is 4.48. The predicted octanol–water partition coefficient (Wildman–Crippen LogP) is 3.77. The van der Waals surface area contributed by atoms with E-state index >= 15 is 0 Å². The number of hydrogen-bond donors (Lipinski definition) is 1. The third kappa shape index (κ3) is 2.53. The molecule has 0 aliphatic heterocycles. The topological polar surface area (TPSA) is 55.6 Å². The number of nitrogens with one attached hydrogen (secondary N) is 1. The molecule has 0 aliphatic carbocycles. The van der Waals surface area contributed by atoms with E-state index in [9.17, 15) is 0 Å². The first-order valence-corrected chi connectivity index (χ1v) is 7.34. The van der Waals surface area contributed by atoms with Gasteiger partial charge in [0.1, 0.15) is 5.82 Å².